The Bertz CT molecular complexity index is 661. The number of thiocarbonyl (C=S) groups is 1. The van der Waals surface area contributed by atoms with E-state index in [1.54, 1.807) is 12.1 Å². The molecule has 0 bridgehead atoms. The number of esters is 1. The molecule has 1 aliphatic rings. The lowest BCUT2D eigenvalue weighted by Crippen LogP contribution is -2.48. The summed E-state index contributed by atoms with van der Waals surface area (Å²) in [5.41, 5.74) is 2.25. The van der Waals surface area contributed by atoms with Crippen LogP contribution in [-0.2, 0) is 14.3 Å². The Labute approximate surface area is 158 Å². The van der Waals surface area contributed by atoms with E-state index in [2.05, 4.69) is 5.32 Å². The highest BCUT2D eigenvalue weighted by molar-refractivity contribution is 7.80. The lowest BCUT2D eigenvalue weighted by atomic mass is 9.95. The van der Waals surface area contributed by atoms with Crippen molar-refractivity contribution < 1.29 is 14.3 Å². The molecule has 25 heavy (non-hydrogen) atoms. The Morgan fingerprint density at radius 3 is 2.64 bits per heavy atom. The van der Waals surface area contributed by atoms with Gasteiger partial charge < -0.3 is 19.7 Å². The van der Waals surface area contributed by atoms with Crippen LogP contribution in [-0.4, -0.2) is 42.8 Å². The smallest absolute Gasteiger partial charge is 0.337 e. The summed E-state index contributed by atoms with van der Waals surface area (Å²) in [7, 11) is 1.38. The van der Waals surface area contributed by atoms with Gasteiger partial charge >= 0.3 is 5.97 Å². The predicted octanol–water partition coefficient (Wildman–Crippen LogP) is 3.44. The molecule has 0 fully saturated rings. The van der Waals surface area contributed by atoms with E-state index in [1.807, 2.05) is 30.9 Å². The number of carbonyl (C=O) groups excluding carboxylic acids is 1. The maximum Gasteiger partial charge on any atom is 0.337 e. The second-order valence-electron chi connectivity index (χ2n) is 5.63. The predicted molar refractivity (Wildman–Crippen MR) is 102 cm³/mol. The average Bonchev–Trinajstić information content (AvgIpc) is 2.60. The number of benzene rings is 1. The summed E-state index contributed by atoms with van der Waals surface area (Å²) in [4.78, 5) is 14.3. The first-order valence-electron chi connectivity index (χ1n) is 8.19. The average molecular weight is 383 g/mol. The van der Waals surface area contributed by atoms with Gasteiger partial charge in [0.15, 0.2) is 5.11 Å². The van der Waals surface area contributed by atoms with Crippen molar-refractivity contribution in [2.45, 2.75) is 26.3 Å². The molecule has 0 aliphatic carbocycles. The van der Waals surface area contributed by atoms with E-state index in [9.17, 15) is 4.79 Å². The fourth-order valence-corrected chi connectivity index (χ4v) is 3.27. The second-order valence-corrected chi connectivity index (χ2v) is 6.45. The van der Waals surface area contributed by atoms with Crippen molar-refractivity contribution in [2.24, 2.45) is 0 Å². The molecule has 1 atom stereocenters. The molecule has 1 N–H and O–H groups in total. The fraction of sp³-hybridized carbons (Fsp3) is 0.444. The van der Waals surface area contributed by atoms with Gasteiger partial charge in [-0.05, 0) is 50.2 Å². The molecule has 0 radical (unpaired) electrons. The molecule has 0 saturated heterocycles. The molecule has 1 aromatic rings. The molecule has 0 unspecified atom stereocenters. The van der Waals surface area contributed by atoms with Crippen LogP contribution in [0.3, 0.4) is 0 Å². The Kier molecular flexibility index (Phi) is 7.23. The Morgan fingerprint density at radius 2 is 2.04 bits per heavy atom. The molecule has 1 aromatic carbocycles. The van der Waals surface area contributed by atoms with Gasteiger partial charge in [0.25, 0.3) is 0 Å². The van der Waals surface area contributed by atoms with E-state index in [-0.39, 0.29) is 12.0 Å². The zero-order chi connectivity index (χ0) is 18.4. The number of nitrogens with one attached hydrogen (secondary N) is 1. The minimum Gasteiger partial charge on any atom is -0.466 e. The Balaban J connectivity index is 2.32. The molecule has 1 heterocycles. The minimum atomic E-state index is -0.373. The normalized spacial score (nSPS) is 17.5. The van der Waals surface area contributed by atoms with Crippen LogP contribution < -0.4 is 5.32 Å². The molecular formula is C18H23ClN2O3S. The number of hydrogen-bond donors (Lipinski definition) is 1. The van der Waals surface area contributed by atoms with Gasteiger partial charge in [0.1, 0.15) is 0 Å². The van der Waals surface area contributed by atoms with Gasteiger partial charge in [0.2, 0.25) is 0 Å². The van der Waals surface area contributed by atoms with E-state index in [0.29, 0.717) is 35.5 Å². The van der Waals surface area contributed by atoms with Gasteiger partial charge in [-0.3, -0.25) is 0 Å². The third-order valence-corrected chi connectivity index (χ3v) is 4.67. The highest BCUT2D eigenvalue weighted by Gasteiger charge is 2.34. The molecule has 7 heteroatoms. The Hall–Kier alpha value is -1.63. The van der Waals surface area contributed by atoms with Crippen molar-refractivity contribution in [3.63, 3.8) is 0 Å². The number of carbonyl (C=O) groups is 1. The van der Waals surface area contributed by atoms with Crippen LogP contribution in [0, 0.1) is 0 Å². The number of nitrogens with zero attached hydrogens (tertiary/aromatic N) is 1. The first-order chi connectivity index (χ1) is 12.0. The van der Waals surface area contributed by atoms with Gasteiger partial charge in [0, 0.05) is 30.5 Å². The quantitative estimate of drug-likeness (QED) is 0.443. The minimum absolute atomic E-state index is 0.361. The van der Waals surface area contributed by atoms with Crippen LogP contribution in [0.5, 0.6) is 0 Å². The summed E-state index contributed by atoms with van der Waals surface area (Å²) in [6.07, 6.45) is 0.813. The molecule has 5 nitrogen and oxygen atoms in total. The molecule has 0 saturated carbocycles. The summed E-state index contributed by atoms with van der Waals surface area (Å²) in [5.74, 6) is -0.373. The van der Waals surface area contributed by atoms with Crippen molar-refractivity contribution in [1.82, 2.24) is 10.2 Å². The summed E-state index contributed by atoms with van der Waals surface area (Å²) in [6.45, 7) is 5.86. The second kappa shape index (κ2) is 9.17. The maximum atomic E-state index is 12.4. The summed E-state index contributed by atoms with van der Waals surface area (Å²) in [6, 6.07) is 6.98. The van der Waals surface area contributed by atoms with Crippen molar-refractivity contribution in [3.05, 3.63) is 46.1 Å². The van der Waals surface area contributed by atoms with Gasteiger partial charge in [-0.2, -0.15) is 0 Å². The van der Waals surface area contributed by atoms with Gasteiger partial charge in [0.05, 0.1) is 18.7 Å². The maximum absolute atomic E-state index is 12.4. The topological polar surface area (TPSA) is 50.8 Å². The van der Waals surface area contributed by atoms with Gasteiger partial charge in [-0.25, -0.2) is 4.79 Å². The molecule has 1 aliphatic heterocycles. The van der Waals surface area contributed by atoms with Crippen LogP contribution >= 0.6 is 23.8 Å². The molecule has 136 valence electrons. The highest BCUT2D eigenvalue weighted by atomic mass is 35.5. The van der Waals surface area contributed by atoms with Gasteiger partial charge in [-0.15, -0.1) is 0 Å². The van der Waals surface area contributed by atoms with E-state index < -0.39 is 0 Å². The van der Waals surface area contributed by atoms with Crippen LogP contribution in [0.25, 0.3) is 0 Å². The van der Waals surface area contributed by atoms with Gasteiger partial charge in [-0.1, -0.05) is 23.7 Å². The third kappa shape index (κ3) is 4.71. The molecule has 2 rings (SSSR count). The number of allylic oxidation sites excluding steroid dienone is 1. The van der Waals surface area contributed by atoms with Crippen LogP contribution in [0.1, 0.15) is 31.9 Å². The lowest BCUT2D eigenvalue weighted by Gasteiger charge is -2.37. The van der Waals surface area contributed by atoms with E-state index in [4.69, 9.17) is 33.3 Å². The first-order valence-corrected chi connectivity index (χ1v) is 8.98. The Morgan fingerprint density at radius 1 is 1.36 bits per heavy atom. The summed E-state index contributed by atoms with van der Waals surface area (Å²) in [5, 5.41) is 4.48. The van der Waals surface area contributed by atoms with E-state index >= 15 is 0 Å². The number of ether oxygens (including phenoxy) is 2. The monoisotopic (exact) mass is 382 g/mol. The number of hydrogen-bond acceptors (Lipinski definition) is 4. The SMILES string of the molecule is CCOCCCN1C(=S)N[C@H](c2ccc(Cl)cc2)C(C(=O)OC)=C1C. The van der Waals surface area contributed by atoms with Crippen molar-refractivity contribution in [1.29, 1.82) is 0 Å². The standard InChI is InChI=1S/C18H23ClN2O3S/c1-4-24-11-5-10-21-12(2)15(17(22)23-3)16(20-18(21)25)13-6-8-14(19)9-7-13/h6-9,16H,4-5,10-11H2,1-3H3,(H,20,25)/t16-/m1/s1. The number of methoxy groups -OCH3 is 1. The molecule has 0 spiro atoms. The third-order valence-electron chi connectivity index (χ3n) is 4.08. The van der Waals surface area contributed by atoms with Crippen molar-refractivity contribution >= 4 is 34.9 Å². The first kappa shape index (κ1) is 19.7. The fourth-order valence-electron chi connectivity index (χ4n) is 2.80. The zero-order valence-electron chi connectivity index (χ0n) is 14.7. The van der Waals surface area contributed by atoms with E-state index in [0.717, 1.165) is 17.7 Å². The van der Waals surface area contributed by atoms with Crippen LogP contribution in [0.2, 0.25) is 5.02 Å². The molecule has 0 aromatic heterocycles. The molecular weight excluding hydrogens is 360 g/mol. The molecule has 0 amide bonds. The van der Waals surface area contributed by atoms with Crippen molar-refractivity contribution in [2.75, 3.05) is 26.9 Å². The van der Waals surface area contributed by atoms with Crippen molar-refractivity contribution in [3.8, 4) is 0 Å². The van der Waals surface area contributed by atoms with Crippen LogP contribution in [0.4, 0.5) is 0 Å². The highest BCUT2D eigenvalue weighted by Crippen LogP contribution is 2.31. The number of rotatable bonds is 7. The summed E-state index contributed by atoms with van der Waals surface area (Å²) < 4.78 is 10.4. The van der Waals surface area contributed by atoms with E-state index in [1.165, 1.54) is 7.11 Å². The zero-order valence-corrected chi connectivity index (χ0v) is 16.2. The summed E-state index contributed by atoms with van der Waals surface area (Å²) >= 11 is 11.5. The largest absolute Gasteiger partial charge is 0.466 e. The van der Waals surface area contributed by atoms with Crippen LogP contribution in [0.15, 0.2) is 35.5 Å². The lowest BCUT2D eigenvalue weighted by molar-refractivity contribution is -0.136. The number of halogens is 1.